The van der Waals surface area contributed by atoms with Crippen molar-refractivity contribution < 1.29 is 9.90 Å². The number of aromatic amines is 1. The Kier molecular flexibility index (Phi) is 2.59. The van der Waals surface area contributed by atoms with Crippen molar-refractivity contribution in [3.8, 4) is 0 Å². The van der Waals surface area contributed by atoms with Gasteiger partial charge in [-0.15, -0.1) is 0 Å². The van der Waals surface area contributed by atoms with Crippen molar-refractivity contribution in [2.24, 2.45) is 0 Å². The van der Waals surface area contributed by atoms with Crippen LogP contribution in [0, 0.1) is 0 Å². The second kappa shape index (κ2) is 3.90. The van der Waals surface area contributed by atoms with E-state index in [0.29, 0.717) is 17.9 Å². The molecule has 2 heterocycles. The summed E-state index contributed by atoms with van der Waals surface area (Å²) in [5.74, 6) is -0.179. The normalized spacial score (nSPS) is 20.9. The van der Waals surface area contributed by atoms with E-state index in [-0.39, 0.29) is 18.6 Å². The van der Waals surface area contributed by atoms with E-state index in [2.05, 4.69) is 10.2 Å². The highest BCUT2D eigenvalue weighted by atomic mass is 16.3. The van der Waals surface area contributed by atoms with Gasteiger partial charge >= 0.3 is 0 Å². The van der Waals surface area contributed by atoms with Gasteiger partial charge in [-0.25, -0.2) is 0 Å². The molecule has 0 saturated carbocycles. The third-order valence-electron chi connectivity index (χ3n) is 2.73. The molecule has 0 spiro atoms. The van der Waals surface area contributed by atoms with E-state index in [9.17, 15) is 4.79 Å². The number of carbonyl (C=O) groups excluding carboxylic acids is 1. The summed E-state index contributed by atoms with van der Waals surface area (Å²) < 4.78 is 0. The molecule has 4 N–H and O–H groups in total. The minimum atomic E-state index is -0.179. The smallest absolute Gasteiger partial charge is 0.274 e. The van der Waals surface area contributed by atoms with Crippen molar-refractivity contribution in [1.29, 1.82) is 0 Å². The maximum absolute atomic E-state index is 12.0. The largest absolute Gasteiger partial charge is 0.396 e. The average Bonchev–Trinajstić information content (AvgIpc) is 2.84. The SMILES string of the molecule is Nc1cn[nH]c1C(=O)N1CCCC1CO. The van der Waals surface area contributed by atoms with Crippen molar-refractivity contribution in [2.75, 3.05) is 18.9 Å². The van der Waals surface area contributed by atoms with Crippen LogP contribution in [0.5, 0.6) is 0 Å². The molecule has 0 aliphatic carbocycles. The molecule has 0 aromatic carbocycles. The number of anilines is 1. The van der Waals surface area contributed by atoms with Gasteiger partial charge in [-0.2, -0.15) is 5.10 Å². The Balaban J connectivity index is 2.18. The lowest BCUT2D eigenvalue weighted by Crippen LogP contribution is -2.38. The van der Waals surface area contributed by atoms with Crippen LogP contribution < -0.4 is 5.73 Å². The highest BCUT2D eigenvalue weighted by Crippen LogP contribution is 2.20. The fourth-order valence-corrected chi connectivity index (χ4v) is 1.90. The Hall–Kier alpha value is -1.56. The molecular weight excluding hydrogens is 196 g/mol. The molecule has 6 heteroatoms. The zero-order valence-corrected chi connectivity index (χ0v) is 8.31. The lowest BCUT2D eigenvalue weighted by Gasteiger charge is -2.22. The van der Waals surface area contributed by atoms with Crippen LogP contribution in [0.15, 0.2) is 6.20 Å². The van der Waals surface area contributed by atoms with Gasteiger partial charge in [0.2, 0.25) is 0 Å². The van der Waals surface area contributed by atoms with E-state index in [1.807, 2.05) is 0 Å². The molecule has 6 nitrogen and oxygen atoms in total. The lowest BCUT2D eigenvalue weighted by atomic mass is 10.2. The second-order valence-corrected chi connectivity index (χ2v) is 3.68. The van der Waals surface area contributed by atoms with Crippen LogP contribution in [0.25, 0.3) is 0 Å². The van der Waals surface area contributed by atoms with E-state index in [4.69, 9.17) is 10.8 Å². The molecule has 15 heavy (non-hydrogen) atoms. The molecule has 1 atom stereocenters. The number of H-pyrrole nitrogens is 1. The summed E-state index contributed by atoms with van der Waals surface area (Å²) in [6, 6.07) is -0.0831. The van der Waals surface area contributed by atoms with Crippen LogP contribution >= 0.6 is 0 Å². The molecule has 0 bridgehead atoms. The summed E-state index contributed by atoms with van der Waals surface area (Å²) in [4.78, 5) is 13.6. The number of nitrogens with two attached hydrogens (primary N) is 1. The van der Waals surface area contributed by atoms with Crippen molar-refractivity contribution in [3.05, 3.63) is 11.9 Å². The number of likely N-dealkylation sites (tertiary alicyclic amines) is 1. The molecule has 1 aliphatic heterocycles. The Bertz CT molecular complexity index is 363. The van der Waals surface area contributed by atoms with Crippen LogP contribution in [0.1, 0.15) is 23.3 Å². The first kappa shape index (κ1) is 9.97. The summed E-state index contributed by atoms with van der Waals surface area (Å²) in [6.45, 7) is 0.669. The standard InChI is InChI=1S/C9H14N4O2/c10-7-4-11-12-8(7)9(15)13-3-1-2-6(13)5-14/h4,6,14H,1-3,5,10H2,(H,11,12). The van der Waals surface area contributed by atoms with Gasteiger partial charge in [0.1, 0.15) is 5.69 Å². The van der Waals surface area contributed by atoms with Crippen molar-refractivity contribution in [1.82, 2.24) is 15.1 Å². The Morgan fingerprint density at radius 3 is 3.20 bits per heavy atom. The van der Waals surface area contributed by atoms with Gasteiger partial charge < -0.3 is 15.7 Å². The van der Waals surface area contributed by atoms with Crippen LogP contribution in [-0.4, -0.2) is 45.3 Å². The number of carbonyl (C=O) groups is 1. The van der Waals surface area contributed by atoms with Crippen LogP contribution in [0.3, 0.4) is 0 Å². The fraction of sp³-hybridized carbons (Fsp3) is 0.556. The summed E-state index contributed by atoms with van der Waals surface area (Å²) in [6.07, 6.45) is 3.18. The van der Waals surface area contributed by atoms with Gasteiger partial charge in [0, 0.05) is 6.54 Å². The molecule has 82 valence electrons. The fourth-order valence-electron chi connectivity index (χ4n) is 1.90. The van der Waals surface area contributed by atoms with Gasteiger partial charge in [0.15, 0.2) is 0 Å². The summed E-state index contributed by atoms with van der Waals surface area (Å²) in [7, 11) is 0. The zero-order chi connectivity index (χ0) is 10.8. The van der Waals surface area contributed by atoms with E-state index in [0.717, 1.165) is 12.8 Å². The summed E-state index contributed by atoms with van der Waals surface area (Å²) in [5, 5.41) is 15.4. The van der Waals surface area contributed by atoms with Crippen molar-refractivity contribution >= 4 is 11.6 Å². The summed E-state index contributed by atoms with van der Waals surface area (Å²) >= 11 is 0. The Labute approximate surface area is 87.1 Å². The monoisotopic (exact) mass is 210 g/mol. The second-order valence-electron chi connectivity index (χ2n) is 3.68. The third kappa shape index (κ3) is 1.68. The van der Waals surface area contributed by atoms with Crippen LogP contribution in [-0.2, 0) is 0 Å². The molecule has 2 rings (SSSR count). The predicted octanol–water partition coefficient (Wildman–Crippen LogP) is -0.411. The number of aliphatic hydroxyl groups excluding tert-OH is 1. The number of hydrogen-bond donors (Lipinski definition) is 3. The lowest BCUT2D eigenvalue weighted by molar-refractivity contribution is 0.0673. The van der Waals surface area contributed by atoms with Crippen LogP contribution in [0.2, 0.25) is 0 Å². The maximum atomic E-state index is 12.0. The molecule has 1 saturated heterocycles. The molecule has 1 aliphatic rings. The first-order valence-corrected chi connectivity index (χ1v) is 4.94. The third-order valence-corrected chi connectivity index (χ3v) is 2.73. The molecule has 1 aromatic rings. The van der Waals surface area contributed by atoms with Gasteiger partial charge in [-0.05, 0) is 12.8 Å². The number of rotatable bonds is 2. The van der Waals surface area contributed by atoms with Gasteiger partial charge in [0.05, 0.1) is 24.5 Å². The van der Waals surface area contributed by atoms with Crippen molar-refractivity contribution in [3.63, 3.8) is 0 Å². The number of hydrogen-bond acceptors (Lipinski definition) is 4. The Morgan fingerprint density at radius 1 is 1.80 bits per heavy atom. The van der Waals surface area contributed by atoms with Gasteiger partial charge in [0.25, 0.3) is 5.91 Å². The van der Waals surface area contributed by atoms with Gasteiger partial charge in [-0.3, -0.25) is 9.89 Å². The van der Waals surface area contributed by atoms with E-state index >= 15 is 0 Å². The first-order chi connectivity index (χ1) is 7.24. The predicted molar refractivity (Wildman–Crippen MR) is 54.1 cm³/mol. The quantitative estimate of drug-likeness (QED) is 0.618. The zero-order valence-electron chi connectivity index (χ0n) is 8.31. The maximum Gasteiger partial charge on any atom is 0.274 e. The van der Waals surface area contributed by atoms with Crippen LogP contribution in [0.4, 0.5) is 5.69 Å². The van der Waals surface area contributed by atoms with Crippen molar-refractivity contribution in [2.45, 2.75) is 18.9 Å². The number of nitrogens with zero attached hydrogens (tertiary/aromatic N) is 2. The highest BCUT2D eigenvalue weighted by Gasteiger charge is 2.30. The molecule has 1 unspecified atom stereocenters. The first-order valence-electron chi connectivity index (χ1n) is 4.94. The minimum absolute atomic E-state index is 0.000216. The number of nitrogens with one attached hydrogen (secondary N) is 1. The highest BCUT2D eigenvalue weighted by molar-refractivity contribution is 5.97. The van der Waals surface area contributed by atoms with E-state index < -0.39 is 0 Å². The molecule has 1 fully saturated rings. The minimum Gasteiger partial charge on any atom is -0.396 e. The average molecular weight is 210 g/mol. The molecule has 0 radical (unpaired) electrons. The molecular formula is C9H14N4O2. The van der Waals surface area contributed by atoms with Gasteiger partial charge in [-0.1, -0.05) is 0 Å². The van der Waals surface area contributed by atoms with E-state index in [1.54, 1.807) is 4.90 Å². The van der Waals surface area contributed by atoms with E-state index in [1.165, 1.54) is 6.20 Å². The number of amides is 1. The number of nitrogen functional groups attached to an aromatic ring is 1. The Morgan fingerprint density at radius 2 is 2.60 bits per heavy atom. The molecule has 1 aromatic heterocycles. The molecule has 1 amide bonds. The number of aromatic nitrogens is 2. The number of aliphatic hydroxyl groups is 1. The summed E-state index contributed by atoms with van der Waals surface area (Å²) in [5.41, 5.74) is 6.26. The topological polar surface area (TPSA) is 95.2 Å².